The Kier molecular flexibility index (Phi) is 9.26. The predicted octanol–water partition coefficient (Wildman–Crippen LogP) is 8.60. The van der Waals surface area contributed by atoms with Crippen molar-refractivity contribution >= 4 is 39.4 Å². The highest BCUT2D eigenvalue weighted by Crippen LogP contribution is 2.48. The van der Waals surface area contributed by atoms with E-state index in [0.717, 1.165) is 23.1 Å². The van der Waals surface area contributed by atoms with E-state index in [1.54, 1.807) is 18.2 Å². The number of nitrogens with one attached hydrogen (secondary N) is 2. The summed E-state index contributed by atoms with van der Waals surface area (Å²) in [5.41, 5.74) is 4.09. The second-order valence-electron chi connectivity index (χ2n) is 11.2. The molecule has 6 rings (SSSR count). The van der Waals surface area contributed by atoms with Crippen LogP contribution in [0.4, 0.5) is 5.69 Å². The molecule has 46 heavy (non-hydrogen) atoms. The SMILES string of the molecule is O=C(O)CC(NC(=O)c1cc(Br)ccc1NC(=O)C1CC1c1ccccc1)c1ccc(-c2ccccc2Oc2ccccc2)cc1. The zero-order valence-electron chi connectivity index (χ0n) is 24.7. The Morgan fingerprint density at radius 3 is 2.22 bits per heavy atom. The van der Waals surface area contributed by atoms with Gasteiger partial charge in [0.15, 0.2) is 0 Å². The molecule has 1 fully saturated rings. The van der Waals surface area contributed by atoms with E-state index >= 15 is 0 Å². The van der Waals surface area contributed by atoms with Crippen molar-refractivity contribution in [3.8, 4) is 22.6 Å². The summed E-state index contributed by atoms with van der Waals surface area (Å²) in [5.74, 6) is -0.339. The third-order valence-corrected chi connectivity index (χ3v) is 8.50. The second-order valence-corrected chi connectivity index (χ2v) is 12.1. The van der Waals surface area contributed by atoms with Gasteiger partial charge in [-0.3, -0.25) is 14.4 Å². The van der Waals surface area contributed by atoms with Gasteiger partial charge in [-0.1, -0.05) is 107 Å². The number of amides is 2. The van der Waals surface area contributed by atoms with Crippen LogP contribution in [0.1, 0.15) is 46.3 Å². The average Bonchev–Trinajstić information content (AvgIpc) is 3.88. The zero-order valence-corrected chi connectivity index (χ0v) is 26.3. The first-order valence-electron chi connectivity index (χ1n) is 15.0. The van der Waals surface area contributed by atoms with Crippen LogP contribution in [0.3, 0.4) is 0 Å². The van der Waals surface area contributed by atoms with Gasteiger partial charge in [-0.25, -0.2) is 0 Å². The van der Waals surface area contributed by atoms with Crippen LogP contribution in [-0.2, 0) is 9.59 Å². The molecular formula is C38H31BrN2O5. The minimum atomic E-state index is -1.06. The van der Waals surface area contributed by atoms with Crippen molar-refractivity contribution in [2.45, 2.75) is 24.8 Å². The van der Waals surface area contributed by atoms with Gasteiger partial charge in [0.25, 0.3) is 5.91 Å². The van der Waals surface area contributed by atoms with Crippen LogP contribution in [0, 0.1) is 5.92 Å². The van der Waals surface area contributed by atoms with E-state index in [2.05, 4.69) is 26.6 Å². The lowest BCUT2D eigenvalue weighted by Gasteiger charge is -2.20. The Hall–Kier alpha value is -5.21. The van der Waals surface area contributed by atoms with Crippen LogP contribution in [0.2, 0.25) is 0 Å². The summed E-state index contributed by atoms with van der Waals surface area (Å²) >= 11 is 3.42. The van der Waals surface area contributed by atoms with Crippen LogP contribution in [-0.4, -0.2) is 22.9 Å². The number of ether oxygens (including phenoxy) is 1. The van der Waals surface area contributed by atoms with Crippen molar-refractivity contribution < 1.29 is 24.2 Å². The molecule has 0 aromatic heterocycles. The fourth-order valence-corrected chi connectivity index (χ4v) is 5.92. The molecule has 230 valence electrons. The van der Waals surface area contributed by atoms with Crippen molar-refractivity contribution in [3.63, 3.8) is 0 Å². The first-order valence-corrected chi connectivity index (χ1v) is 15.8. The number of aliphatic carboxylic acids is 1. The molecule has 0 bridgehead atoms. The van der Waals surface area contributed by atoms with E-state index in [4.69, 9.17) is 4.74 Å². The number of hydrogen-bond acceptors (Lipinski definition) is 4. The molecule has 1 saturated carbocycles. The highest BCUT2D eigenvalue weighted by molar-refractivity contribution is 9.10. The molecule has 0 spiro atoms. The van der Waals surface area contributed by atoms with Crippen LogP contribution in [0.15, 0.2) is 132 Å². The second kappa shape index (κ2) is 13.8. The maximum absolute atomic E-state index is 13.6. The molecule has 1 aliphatic carbocycles. The highest BCUT2D eigenvalue weighted by atomic mass is 79.9. The van der Waals surface area contributed by atoms with Crippen molar-refractivity contribution in [1.29, 1.82) is 0 Å². The molecule has 0 radical (unpaired) electrons. The number of halogens is 1. The van der Waals surface area contributed by atoms with Gasteiger partial charge in [0.2, 0.25) is 5.91 Å². The van der Waals surface area contributed by atoms with Crippen LogP contribution >= 0.6 is 15.9 Å². The molecule has 0 aliphatic heterocycles. The molecule has 3 unspecified atom stereocenters. The van der Waals surface area contributed by atoms with Gasteiger partial charge in [0.05, 0.1) is 23.7 Å². The molecule has 3 N–H and O–H groups in total. The largest absolute Gasteiger partial charge is 0.481 e. The number of carboxylic acid groups (broad SMARTS) is 1. The number of rotatable bonds is 11. The fourth-order valence-electron chi connectivity index (χ4n) is 5.56. The Balaban J connectivity index is 1.19. The highest BCUT2D eigenvalue weighted by Gasteiger charge is 2.44. The number of hydrogen-bond donors (Lipinski definition) is 3. The lowest BCUT2D eigenvalue weighted by atomic mass is 9.98. The molecule has 0 saturated heterocycles. The lowest BCUT2D eigenvalue weighted by Crippen LogP contribution is -2.31. The van der Waals surface area contributed by atoms with E-state index in [1.165, 1.54) is 0 Å². The van der Waals surface area contributed by atoms with E-state index in [9.17, 15) is 19.5 Å². The number of para-hydroxylation sites is 2. The first-order chi connectivity index (χ1) is 22.4. The summed E-state index contributed by atoms with van der Waals surface area (Å²) in [6.07, 6.45) is 0.419. The Bertz CT molecular complexity index is 1860. The summed E-state index contributed by atoms with van der Waals surface area (Å²) < 4.78 is 6.78. The molecule has 3 atom stereocenters. The molecule has 8 heteroatoms. The Morgan fingerprint density at radius 2 is 1.50 bits per heavy atom. The van der Waals surface area contributed by atoms with E-state index in [1.807, 2.05) is 109 Å². The minimum Gasteiger partial charge on any atom is -0.481 e. The summed E-state index contributed by atoms with van der Waals surface area (Å²) in [7, 11) is 0. The van der Waals surface area contributed by atoms with E-state index < -0.39 is 17.9 Å². The summed E-state index contributed by atoms with van der Waals surface area (Å²) in [6, 6.07) is 38.7. The van der Waals surface area contributed by atoms with Gasteiger partial charge in [-0.05, 0) is 65.4 Å². The van der Waals surface area contributed by atoms with Gasteiger partial charge >= 0.3 is 5.97 Å². The smallest absolute Gasteiger partial charge is 0.305 e. The standard InChI is InChI=1S/C38H31BrN2O5/c39-27-19-20-33(40-37(44)31-22-30(31)24-9-3-1-4-10-24)32(21-27)38(45)41-34(23-36(42)43)26-17-15-25(16-18-26)29-13-7-8-14-35(29)46-28-11-5-2-6-12-28/h1-21,30-31,34H,22-23H2,(H,40,44)(H,41,45)(H,42,43). The third kappa shape index (κ3) is 7.35. The zero-order chi connectivity index (χ0) is 32.0. The molecule has 0 heterocycles. The van der Waals surface area contributed by atoms with Crippen molar-refractivity contribution in [2.75, 3.05) is 5.32 Å². The number of carboxylic acids is 1. The van der Waals surface area contributed by atoms with Crippen molar-refractivity contribution in [2.24, 2.45) is 5.92 Å². The summed E-state index contributed by atoms with van der Waals surface area (Å²) in [5, 5.41) is 15.5. The Morgan fingerprint density at radius 1 is 0.826 bits per heavy atom. The molecule has 5 aromatic carbocycles. The van der Waals surface area contributed by atoms with Gasteiger partial charge in [0.1, 0.15) is 11.5 Å². The normalized spacial score (nSPS) is 15.8. The van der Waals surface area contributed by atoms with Gasteiger partial charge < -0.3 is 20.5 Å². The Labute approximate surface area is 275 Å². The van der Waals surface area contributed by atoms with Crippen molar-refractivity contribution in [1.82, 2.24) is 5.32 Å². The van der Waals surface area contributed by atoms with Gasteiger partial charge in [-0.2, -0.15) is 0 Å². The van der Waals surface area contributed by atoms with Gasteiger partial charge in [0, 0.05) is 16.0 Å². The summed E-state index contributed by atoms with van der Waals surface area (Å²) in [4.78, 5) is 38.7. The van der Waals surface area contributed by atoms with Crippen LogP contribution < -0.4 is 15.4 Å². The quantitative estimate of drug-likeness (QED) is 0.130. The predicted molar refractivity (Wildman–Crippen MR) is 181 cm³/mol. The molecule has 2 amide bonds. The van der Waals surface area contributed by atoms with Crippen LogP contribution in [0.25, 0.3) is 11.1 Å². The molecular weight excluding hydrogens is 644 g/mol. The maximum atomic E-state index is 13.6. The number of benzene rings is 5. The monoisotopic (exact) mass is 674 g/mol. The number of carbonyl (C=O) groups is 3. The fraction of sp³-hybridized carbons (Fsp3) is 0.132. The van der Waals surface area contributed by atoms with Gasteiger partial charge in [-0.15, -0.1) is 0 Å². The summed E-state index contributed by atoms with van der Waals surface area (Å²) in [6.45, 7) is 0. The lowest BCUT2D eigenvalue weighted by molar-refractivity contribution is -0.137. The topological polar surface area (TPSA) is 105 Å². The number of anilines is 1. The minimum absolute atomic E-state index is 0.147. The van der Waals surface area contributed by atoms with Crippen molar-refractivity contribution in [3.05, 3.63) is 149 Å². The number of carbonyl (C=O) groups excluding carboxylic acids is 2. The van der Waals surface area contributed by atoms with E-state index in [0.29, 0.717) is 27.2 Å². The third-order valence-electron chi connectivity index (χ3n) is 8.01. The molecule has 7 nitrogen and oxygen atoms in total. The maximum Gasteiger partial charge on any atom is 0.305 e. The average molecular weight is 676 g/mol. The molecule has 5 aromatic rings. The first kappa shape index (κ1) is 30.8. The van der Waals surface area contributed by atoms with E-state index in [-0.39, 0.29) is 29.7 Å². The molecule has 1 aliphatic rings. The van der Waals surface area contributed by atoms with Crippen LogP contribution in [0.5, 0.6) is 11.5 Å².